The van der Waals surface area contributed by atoms with Crippen molar-refractivity contribution in [3.63, 3.8) is 0 Å². The molecule has 0 aliphatic carbocycles. The molecule has 1 amide bonds. The van der Waals surface area contributed by atoms with Crippen LogP contribution in [0, 0.1) is 0 Å². The molecule has 1 aromatic carbocycles. The smallest absolute Gasteiger partial charge is 0.534 e. The highest BCUT2D eigenvalue weighted by molar-refractivity contribution is 6.47. The lowest BCUT2D eigenvalue weighted by Crippen LogP contribution is -2.53. The van der Waals surface area contributed by atoms with Crippen molar-refractivity contribution in [2.45, 2.75) is 32.1 Å². The third-order valence-electron chi connectivity index (χ3n) is 3.25. The van der Waals surface area contributed by atoms with Crippen molar-refractivity contribution in [3.8, 4) is 5.75 Å². The molecule has 0 aromatic heterocycles. The minimum absolute atomic E-state index is 0.0434. The molecule has 0 saturated heterocycles. The van der Waals surface area contributed by atoms with Gasteiger partial charge in [-0.15, -0.1) is 0 Å². The van der Waals surface area contributed by atoms with Gasteiger partial charge in [-0.2, -0.15) is 0 Å². The predicted molar refractivity (Wildman–Crippen MR) is 77.6 cm³/mol. The van der Waals surface area contributed by atoms with Crippen molar-refractivity contribution in [3.05, 3.63) is 28.3 Å². The Balaban J connectivity index is 2.26. The summed E-state index contributed by atoms with van der Waals surface area (Å²) in [5.41, 5.74) is 0.412. The number of carboxylic acid groups (broad SMARTS) is 1. The second-order valence-corrected chi connectivity index (χ2v) is 5.26. The number of amides is 1. The van der Waals surface area contributed by atoms with Gasteiger partial charge in [0.2, 0.25) is 5.91 Å². The summed E-state index contributed by atoms with van der Waals surface area (Å²) in [5.74, 6) is -1.96. The summed E-state index contributed by atoms with van der Waals surface area (Å²) in [4.78, 5) is 22.8. The molecular formula is C13H15BClNO5. The first-order valence-electron chi connectivity index (χ1n) is 6.62. The zero-order valence-corrected chi connectivity index (χ0v) is 12.2. The molecule has 1 aliphatic rings. The fourth-order valence-electron chi connectivity index (χ4n) is 2.27. The first-order valence-corrected chi connectivity index (χ1v) is 7.00. The molecule has 1 unspecified atom stereocenters. The maximum Gasteiger partial charge on any atom is 0.547 e. The summed E-state index contributed by atoms with van der Waals surface area (Å²) in [6.07, 6.45) is 1.34. The summed E-state index contributed by atoms with van der Waals surface area (Å²) < 4.78 is 5.27. The number of fused-ring (bicyclic) bond motifs is 1. The van der Waals surface area contributed by atoms with E-state index in [1.807, 2.05) is 6.92 Å². The topological polar surface area (TPSA) is 95.9 Å². The van der Waals surface area contributed by atoms with Gasteiger partial charge in [0, 0.05) is 6.42 Å². The lowest BCUT2D eigenvalue weighted by molar-refractivity contribution is -0.121. The fourth-order valence-corrected chi connectivity index (χ4v) is 2.50. The number of hydrogen-bond donors (Lipinski definition) is 3. The number of hydrogen-bond acceptors (Lipinski definition) is 4. The van der Waals surface area contributed by atoms with Crippen molar-refractivity contribution in [2.75, 3.05) is 0 Å². The van der Waals surface area contributed by atoms with Crippen LogP contribution in [-0.4, -0.2) is 35.1 Å². The average molecular weight is 312 g/mol. The zero-order valence-electron chi connectivity index (χ0n) is 11.4. The average Bonchev–Trinajstić information content (AvgIpc) is 2.39. The SMILES string of the molecule is CCCC(=O)NC1Cc2ccc(Cl)c(C(=O)O)c2OB1O. The quantitative estimate of drug-likeness (QED) is 0.728. The van der Waals surface area contributed by atoms with E-state index in [-0.39, 0.29) is 28.7 Å². The summed E-state index contributed by atoms with van der Waals surface area (Å²) in [6.45, 7) is 1.88. The molecular weight excluding hydrogens is 296 g/mol. The molecule has 21 heavy (non-hydrogen) atoms. The van der Waals surface area contributed by atoms with Gasteiger partial charge in [0.15, 0.2) is 0 Å². The molecule has 6 nitrogen and oxygen atoms in total. The van der Waals surface area contributed by atoms with E-state index in [1.54, 1.807) is 6.07 Å². The van der Waals surface area contributed by atoms with Crippen molar-refractivity contribution in [1.82, 2.24) is 5.32 Å². The molecule has 3 N–H and O–H groups in total. The summed E-state index contributed by atoms with van der Waals surface area (Å²) in [7, 11) is -1.31. The normalized spacial score (nSPS) is 16.9. The molecule has 0 radical (unpaired) electrons. The molecule has 0 spiro atoms. The minimum Gasteiger partial charge on any atom is -0.534 e. The number of aromatic carboxylic acids is 1. The lowest BCUT2D eigenvalue weighted by atomic mass is 9.72. The minimum atomic E-state index is -1.31. The number of benzene rings is 1. The largest absolute Gasteiger partial charge is 0.547 e. The van der Waals surface area contributed by atoms with Crippen LogP contribution in [-0.2, 0) is 11.2 Å². The third-order valence-corrected chi connectivity index (χ3v) is 3.56. The monoisotopic (exact) mass is 311 g/mol. The summed E-state index contributed by atoms with van der Waals surface area (Å²) >= 11 is 5.85. The van der Waals surface area contributed by atoms with E-state index in [0.717, 1.165) is 0 Å². The molecule has 0 saturated carbocycles. The van der Waals surface area contributed by atoms with E-state index in [9.17, 15) is 19.7 Å². The second-order valence-electron chi connectivity index (χ2n) is 4.85. The fraction of sp³-hybridized carbons (Fsp3) is 0.385. The Morgan fingerprint density at radius 2 is 2.24 bits per heavy atom. The standard InChI is InChI=1S/C13H15BClNO5/c1-2-3-10(17)16-9-6-7-4-5-8(15)11(13(18)19)12(7)21-14(9)20/h4-5,9,20H,2-3,6H2,1H3,(H,16,17)(H,18,19). The highest BCUT2D eigenvalue weighted by Gasteiger charge is 2.38. The maximum absolute atomic E-state index is 11.6. The number of nitrogens with one attached hydrogen (secondary N) is 1. The lowest BCUT2D eigenvalue weighted by Gasteiger charge is -2.29. The zero-order chi connectivity index (χ0) is 15.6. The van der Waals surface area contributed by atoms with Crippen molar-refractivity contribution >= 4 is 30.6 Å². The van der Waals surface area contributed by atoms with Crippen LogP contribution in [0.1, 0.15) is 35.7 Å². The molecule has 1 aliphatic heterocycles. The van der Waals surface area contributed by atoms with Crippen molar-refractivity contribution in [2.24, 2.45) is 0 Å². The van der Waals surface area contributed by atoms with Crippen LogP contribution in [0.15, 0.2) is 12.1 Å². The van der Waals surface area contributed by atoms with Crippen LogP contribution in [0.5, 0.6) is 5.75 Å². The van der Waals surface area contributed by atoms with E-state index >= 15 is 0 Å². The third kappa shape index (κ3) is 3.30. The summed E-state index contributed by atoms with van der Waals surface area (Å²) in [5, 5.41) is 21.9. The first kappa shape index (κ1) is 15.7. The number of carbonyl (C=O) groups is 2. The van der Waals surface area contributed by atoms with Gasteiger partial charge >= 0.3 is 13.1 Å². The Morgan fingerprint density at radius 3 is 2.86 bits per heavy atom. The molecule has 0 fully saturated rings. The Hall–Kier alpha value is -1.73. The van der Waals surface area contributed by atoms with Gasteiger partial charge in [-0.05, 0) is 24.5 Å². The molecule has 1 heterocycles. The van der Waals surface area contributed by atoms with E-state index in [4.69, 9.17) is 16.3 Å². The van der Waals surface area contributed by atoms with Crippen molar-refractivity contribution in [1.29, 1.82) is 0 Å². The second kappa shape index (κ2) is 6.36. The van der Waals surface area contributed by atoms with Crippen LogP contribution in [0.4, 0.5) is 0 Å². The first-order chi connectivity index (χ1) is 9.93. The van der Waals surface area contributed by atoms with Crippen LogP contribution >= 0.6 is 11.6 Å². The van der Waals surface area contributed by atoms with Gasteiger partial charge in [0.1, 0.15) is 11.3 Å². The van der Waals surface area contributed by atoms with E-state index in [1.165, 1.54) is 6.07 Å². The molecule has 8 heteroatoms. The van der Waals surface area contributed by atoms with Crippen LogP contribution < -0.4 is 9.97 Å². The van der Waals surface area contributed by atoms with Gasteiger partial charge in [-0.25, -0.2) is 4.79 Å². The Kier molecular flexibility index (Phi) is 4.75. The van der Waals surface area contributed by atoms with Gasteiger partial charge in [-0.1, -0.05) is 24.6 Å². The number of carboxylic acids is 1. The number of carbonyl (C=O) groups excluding carboxylic acids is 1. The van der Waals surface area contributed by atoms with Crippen molar-refractivity contribution < 1.29 is 24.4 Å². The van der Waals surface area contributed by atoms with Gasteiger partial charge in [0.25, 0.3) is 0 Å². The number of halogens is 1. The Bertz CT molecular complexity index is 580. The predicted octanol–water partition coefficient (Wildman–Crippen LogP) is 1.28. The summed E-state index contributed by atoms with van der Waals surface area (Å²) in [6, 6.07) is 3.10. The highest BCUT2D eigenvalue weighted by Crippen LogP contribution is 2.34. The highest BCUT2D eigenvalue weighted by atomic mass is 35.5. The van der Waals surface area contributed by atoms with Gasteiger partial charge < -0.3 is 20.1 Å². The van der Waals surface area contributed by atoms with Gasteiger partial charge in [-0.3, -0.25) is 4.79 Å². The molecule has 2 rings (SSSR count). The molecule has 1 atom stereocenters. The van der Waals surface area contributed by atoms with Crippen LogP contribution in [0.3, 0.4) is 0 Å². The van der Waals surface area contributed by atoms with E-state index in [0.29, 0.717) is 18.4 Å². The molecule has 112 valence electrons. The molecule has 0 bridgehead atoms. The van der Waals surface area contributed by atoms with Crippen LogP contribution in [0.25, 0.3) is 0 Å². The molecule has 1 aromatic rings. The van der Waals surface area contributed by atoms with Crippen LogP contribution in [0.2, 0.25) is 5.02 Å². The maximum atomic E-state index is 11.6. The van der Waals surface area contributed by atoms with E-state index < -0.39 is 19.0 Å². The Morgan fingerprint density at radius 1 is 1.52 bits per heavy atom. The van der Waals surface area contributed by atoms with E-state index in [2.05, 4.69) is 5.32 Å². The Labute approximate surface area is 127 Å². The van der Waals surface area contributed by atoms with Gasteiger partial charge in [0.05, 0.1) is 11.0 Å². The number of rotatable bonds is 4.